The summed E-state index contributed by atoms with van der Waals surface area (Å²) in [5, 5.41) is 7.90. The van der Waals surface area contributed by atoms with Gasteiger partial charge in [0.2, 0.25) is 0 Å². The molecule has 9 aromatic rings. The van der Waals surface area contributed by atoms with Crippen LogP contribution in [-0.2, 0) is 0 Å². The summed E-state index contributed by atoms with van der Waals surface area (Å²) in [7, 11) is 0. The van der Waals surface area contributed by atoms with Crippen molar-refractivity contribution in [2.45, 2.75) is 0 Å². The van der Waals surface area contributed by atoms with Crippen molar-refractivity contribution in [3.05, 3.63) is 152 Å². The number of nitrogens with zero attached hydrogens (tertiary/aromatic N) is 3. The van der Waals surface area contributed by atoms with E-state index >= 15 is 0 Å². The van der Waals surface area contributed by atoms with E-state index in [1.807, 2.05) is 30.3 Å². The van der Waals surface area contributed by atoms with Gasteiger partial charge in [-0.05, 0) is 93.7 Å². The fourth-order valence-electron chi connectivity index (χ4n) is 6.24. The van der Waals surface area contributed by atoms with Crippen LogP contribution >= 0.6 is 11.5 Å². The number of hydrogen-bond donors (Lipinski definition) is 0. The molecule has 0 aliphatic carbocycles. The van der Waals surface area contributed by atoms with Gasteiger partial charge in [-0.3, -0.25) is 0 Å². The van der Waals surface area contributed by atoms with Crippen molar-refractivity contribution in [2.24, 2.45) is 0 Å². The molecule has 2 heterocycles. The van der Waals surface area contributed by atoms with Crippen molar-refractivity contribution in [3.8, 4) is 22.0 Å². The van der Waals surface area contributed by atoms with E-state index < -0.39 is 0 Å². The molecular formula is C40H25N3OS. The monoisotopic (exact) mass is 595 g/mol. The summed E-state index contributed by atoms with van der Waals surface area (Å²) in [5.41, 5.74) is 7.02. The van der Waals surface area contributed by atoms with Gasteiger partial charge in [-0.25, -0.2) is 4.98 Å². The molecule has 0 N–H and O–H groups in total. The van der Waals surface area contributed by atoms with Crippen molar-refractivity contribution in [2.75, 3.05) is 4.90 Å². The van der Waals surface area contributed by atoms with E-state index in [0.29, 0.717) is 5.82 Å². The molecule has 7 aromatic carbocycles. The molecule has 0 bridgehead atoms. The minimum absolute atomic E-state index is 0.717. The smallest absolute Gasteiger partial charge is 0.173 e. The first-order valence-electron chi connectivity index (χ1n) is 14.9. The van der Waals surface area contributed by atoms with Crippen molar-refractivity contribution >= 4 is 72.1 Å². The van der Waals surface area contributed by atoms with Crippen LogP contribution in [0.2, 0.25) is 0 Å². The Kier molecular flexibility index (Phi) is 5.96. The molecule has 0 aliphatic heterocycles. The van der Waals surface area contributed by atoms with Crippen LogP contribution in [0.15, 0.2) is 156 Å². The quantitative estimate of drug-likeness (QED) is 0.198. The maximum Gasteiger partial charge on any atom is 0.173 e. The Morgan fingerprint density at radius 3 is 1.82 bits per heavy atom. The third-order valence-corrected chi connectivity index (χ3v) is 9.17. The van der Waals surface area contributed by atoms with Gasteiger partial charge in [0.25, 0.3) is 0 Å². The Hall–Kier alpha value is -5.78. The number of para-hydroxylation sites is 1. The van der Waals surface area contributed by atoms with Gasteiger partial charge in [-0.15, -0.1) is 0 Å². The van der Waals surface area contributed by atoms with E-state index in [9.17, 15) is 0 Å². The largest absolute Gasteiger partial charge is 0.456 e. The molecule has 45 heavy (non-hydrogen) atoms. The Morgan fingerprint density at radius 1 is 0.511 bits per heavy atom. The summed E-state index contributed by atoms with van der Waals surface area (Å²) in [6.45, 7) is 0. The summed E-state index contributed by atoms with van der Waals surface area (Å²) in [6, 6.07) is 53.1. The van der Waals surface area contributed by atoms with Crippen LogP contribution in [0.1, 0.15) is 0 Å². The number of furan rings is 1. The third-order valence-electron chi connectivity index (χ3n) is 8.43. The normalized spacial score (nSPS) is 11.6. The van der Waals surface area contributed by atoms with E-state index in [1.54, 1.807) is 0 Å². The molecule has 0 aliphatic rings. The van der Waals surface area contributed by atoms with Gasteiger partial charge in [-0.1, -0.05) is 91.0 Å². The lowest BCUT2D eigenvalue weighted by atomic mass is 10.1. The first-order chi connectivity index (χ1) is 22.3. The van der Waals surface area contributed by atoms with Crippen LogP contribution in [0, 0.1) is 0 Å². The van der Waals surface area contributed by atoms with Crippen LogP contribution in [0.5, 0.6) is 0 Å². The molecule has 0 unspecified atom stereocenters. The molecule has 9 rings (SSSR count). The summed E-state index contributed by atoms with van der Waals surface area (Å²) in [5.74, 6) is 0.717. The van der Waals surface area contributed by atoms with Crippen molar-refractivity contribution < 1.29 is 4.42 Å². The van der Waals surface area contributed by atoms with E-state index in [0.717, 1.165) is 55.1 Å². The fourth-order valence-corrected chi connectivity index (χ4v) is 6.96. The Labute approximate surface area is 263 Å². The predicted molar refractivity (Wildman–Crippen MR) is 188 cm³/mol. The molecule has 0 saturated carbocycles. The predicted octanol–water partition coefficient (Wildman–Crippen LogP) is 11.5. The maximum absolute atomic E-state index is 6.11. The summed E-state index contributed by atoms with van der Waals surface area (Å²) in [6.07, 6.45) is 0. The lowest BCUT2D eigenvalue weighted by molar-refractivity contribution is 0.669. The number of fused-ring (bicyclic) bond motifs is 5. The second-order valence-corrected chi connectivity index (χ2v) is 11.9. The van der Waals surface area contributed by atoms with E-state index in [4.69, 9.17) is 13.8 Å². The van der Waals surface area contributed by atoms with Crippen LogP contribution in [0.3, 0.4) is 0 Å². The van der Waals surface area contributed by atoms with Gasteiger partial charge < -0.3 is 9.32 Å². The highest BCUT2D eigenvalue weighted by Crippen LogP contribution is 2.40. The first kappa shape index (κ1) is 25.7. The van der Waals surface area contributed by atoms with Gasteiger partial charge >= 0.3 is 0 Å². The number of rotatable bonds is 5. The average molecular weight is 596 g/mol. The Morgan fingerprint density at radius 2 is 1.11 bits per heavy atom. The third kappa shape index (κ3) is 4.44. The van der Waals surface area contributed by atoms with E-state index in [-0.39, 0.29) is 0 Å². The van der Waals surface area contributed by atoms with Crippen molar-refractivity contribution in [3.63, 3.8) is 0 Å². The fraction of sp³-hybridized carbons (Fsp3) is 0. The van der Waals surface area contributed by atoms with Crippen molar-refractivity contribution in [1.82, 2.24) is 9.36 Å². The second kappa shape index (κ2) is 10.4. The molecule has 0 atom stereocenters. The standard InChI is InChI=1S/C40H25N3OS/c1-3-10-29-24-32(22-16-26(29)8-1)43(33-23-17-27-9-2-4-11-30(27)25-33)31-20-18-28(19-21-31)39-41-40(45-42-39)35-13-7-15-37-38(35)34-12-5-6-14-36(34)44-37/h1-25H. The minimum Gasteiger partial charge on any atom is -0.456 e. The van der Waals surface area contributed by atoms with Crippen LogP contribution in [0.25, 0.3) is 65.4 Å². The molecular weight excluding hydrogens is 571 g/mol. The Bertz CT molecular complexity index is 2430. The summed E-state index contributed by atoms with van der Waals surface area (Å²) < 4.78 is 10.9. The SMILES string of the molecule is c1ccc2cc(N(c3ccc(-c4nsc(-c5cccc6oc7ccccc7c56)n4)cc3)c3ccc4ccccc4c3)ccc2c1. The molecule has 5 heteroatoms. The molecule has 0 amide bonds. The van der Waals surface area contributed by atoms with Crippen LogP contribution in [0.4, 0.5) is 17.1 Å². The molecule has 0 fully saturated rings. The highest BCUT2D eigenvalue weighted by atomic mass is 32.1. The van der Waals surface area contributed by atoms with Crippen molar-refractivity contribution in [1.29, 1.82) is 0 Å². The minimum atomic E-state index is 0.717. The molecule has 2 aromatic heterocycles. The zero-order valence-corrected chi connectivity index (χ0v) is 24.9. The Balaban J connectivity index is 1.11. The highest BCUT2D eigenvalue weighted by molar-refractivity contribution is 7.09. The molecule has 0 spiro atoms. The molecule has 0 saturated heterocycles. The molecule has 0 radical (unpaired) electrons. The van der Waals surface area contributed by atoms with Crippen LogP contribution < -0.4 is 4.90 Å². The van der Waals surface area contributed by atoms with Crippen LogP contribution in [-0.4, -0.2) is 9.36 Å². The number of anilines is 3. The number of hydrogen-bond acceptors (Lipinski definition) is 5. The lowest BCUT2D eigenvalue weighted by Gasteiger charge is -2.26. The average Bonchev–Trinajstić information content (AvgIpc) is 3.74. The first-order valence-corrected chi connectivity index (χ1v) is 15.7. The number of benzene rings is 7. The number of aromatic nitrogens is 2. The topological polar surface area (TPSA) is 42.2 Å². The van der Waals surface area contributed by atoms with Gasteiger partial charge in [0.15, 0.2) is 5.82 Å². The lowest BCUT2D eigenvalue weighted by Crippen LogP contribution is -2.09. The van der Waals surface area contributed by atoms with E-state index in [2.05, 4.69) is 126 Å². The van der Waals surface area contributed by atoms with Gasteiger partial charge in [-0.2, -0.15) is 4.37 Å². The summed E-state index contributed by atoms with van der Waals surface area (Å²) in [4.78, 5) is 7.31. The maximum atomic E-state index is 6.11. The molecule has 212 valence electrons. The highest BCUT2D eigenvalue weighted by Gasteiger charge is 2.18. The molecule has 4 nitrogen and oxygen atoms in total. The van der Waals surface area contributed by atoms with Gasteiger partial charge in [0.05, 0.1) is 0 Å². The van der Waals surface area contributed by atoms with Gasteiger partial charge in [0.1, 0.15) is 16.2 Å². The zero-order valence-electron chi connectivity index (χ0n) is 24.1. The van der Waals surface area contributed by atoms with E-state index in [1.165, 1.54) is 33.1 Å². The second-order valence-electron chi connectivity index (χ2n) is 11.1. The summed E-state index contributed by atoms with van der Waals surface area (Å²) >= 11 is 1.42. The van der Waals surface area contributed by atoms with Gasteiger partial charge in [0, 0.05) is 39.0 Å². The zero-order chi connectivity index (χ0) is 29.7.